The lowest BCUT2D eigenvalue weighted by atomic mass is 9.80. The lowest BCUT2D eigenvalue weighted by Crippen LogP contribution is -2.42. The highest BCUT2D eigenvalue weighted by Crippen LogP contribution is 2.43. The van der Waals surface area contributed by atoms with Gasteiger partial charge >= 0.3 is 0 Å². The van der Waals surface area contributed by atoms with E-state index in [4.69, 9.17) is 4.74 Å². The van der Waals surface area contributed by atoms with Crippen molar-refractivity contribution in [2.45, 2.75) is 60.7 Å². The topological polar surface area (TPSA) is 29.5 Å². The summed E-state index contributed by atoms with van der Waals surface area (Å²) in [7, 11) is 0. The van der Waals surface area contributed by atoms with E-state index in [1.54, 1.807) is 6.07 Å². The molecule has 0 radical (unpaired) electrons. The van der Waals surface area contributed by atoms with Gasteiger partial charge < -0.3 is 9.84 Å². The largest absolute Gasteiger partial charge is 0.508 e. The van der Waals surface area contributed by atoms with E-state index in [0.29, 0.717) is 11.0 Å². The molecule has 1 aliphatic carbocycles. The molecule has 1 spiro atoms. The van der Waals surface area contributed by atoms with Crippen LogP contribution in [0, 0.1) is 0 Å². The molecule has 0 amide bonds. The molecule has 2 fully saturated rings. The molecule has 1 aromatic carbocycles. The van der Waals surface area contributed by atoms with Gasteiger partial charge in [-0.1, -0.05) is 25.3 Å². The quantitative estimate of drug-likeness (QED) is 0.871. The van der Waals surface area contributed by atoms with E-state index >= 15 is 0 Å². The lowest BCUT2D eigenvalue weighted by Gasteiger charge is -2.43. The molecule has 2 nitrogen and oxygen atoms in total. The average Bonchev–Trinajstić information content (AvgIpc) is 2.40. The molecule has 104 valence electrons. The van der Waals surface area contributed by atoms with E-state index in [2.05, 4.69) is 6.07 Å². The van der Waals surface area contributed by atoms with E-state index < -0.39 is 0 Å². The smallest absolute Gasteiger partial charge is 0.116 e. The van der Waals surface area contributed by atoms with Crippen LogP contribution in [0.4, 0.5) is 0 Å². The van der Waals surface area contributed by atoms with Gasteiger partial charge in [0.25, 0.3) is 0 Å². The van der Waals surface area contributed by atoms with Gasteiger partial charge in [-0.15, -0.1) is 11.8 Å². The summed E-state index contributed by atoms with van der Waals surface area (Å²) in [6.07, 6.45) is 8.80. The molecule has 19 heavy (non-hydrogen) atoms. The first-order chi connectivity index (χ1) is 9.26. The number of rotatable bonds is 2. The third-order valence-electron chi connectivity index (χ3n) is 4.33. The van der Waals surface area contributed by atoms with Gasteiger partial charge in [-0.05, 0) is 43.9 Å². The van der Waals surface area contributed by atoms with Crippen molar-refractivity contribution in [1.29, 1.82) is 0 Å². The van der Waals surface area contributed by atoms with Crippen molar-refractivity contribution in [1.82, 2.24) is 0 Å². The molecule has 1 atom stereocenters. The first-order valence-electron chi connectivity index (χ1n) is 7.35. The highest BCUT2D eigenvalue weighted by Gasteiger charge is 2.38. The van der Waals surface area contributed by atoms with Crippen LogP contribution >= 0.6 is 11.8 Å². The molecule has 1 unspecified atom stereocenters. The summed E-state index contributed by atoms with van der Waals surface area (Å²) in [6, 6.07) is 7.62. The van der Waals surface area contributed by atoms with E-state index in [1.165, 1.54) is 43.4 Å². The molecule has 1 aromatic rings. The third kappa shape index (κ3) is 3.26. The number of aromatic hydroxyl groups is 1. The molecule has 3 heteroatoms. The Hall–Kier alpha value is -0.670. The second-order valence-electron chi connectivity index (χ2n) is 5.82. The second kappa shape index (κ2) is 5.76. The first kappa shape index (κ1) is 13.3. The summed E-state index contributed by atoms with van der Waals surface area (Å²) in [5, 5.41) is 10.2. The third-order valence-corrected chi connectivity index (χ3v) is 5.59. The zero-order valence-electron chi connectivity index (χ0n) is 11.3. The predicted molar refractivity (Wildman–Crippen MR) is 78.8 cm³/mol. The van der Waals surface area contributed by atoms with Crippen molar-refractivity contribution in [3.63, 3.8) is 0 Å². The molecular weight excluding hydrogens is 256 g/mol. The first-order valence-corrected chi connectivity index (χ1v) is 8.23. The number of phenols is 1. The molecule has 0 bridgehead atoms. The number of hydrogen-bond donors (Lipinski definition) is 1. The number of ether oxygens (including phenoxy) is 1. The van der Waals surface area contributed by atoms with Gasteiger partial charge in [-0.2, -0.15) is 0 Å². The van der Waals surface area contributed by atoms with Crippen LogP contribution in [0.15, 0.2) is 29.2 Å². The fraction of sp³-hybridized carbons (Fsp3) is 0.625. The molecule has 1 heterocycles. The normalized spacial score (nSPS) is 26.4. The maximum absolute atomic E-state index is 9.55. The van der Waals surface area contributed by atoms with Gasteiger partial charge in [-0.25, -0.2) is 0 Å². The van der Waals surface area contributed by atoms with E-state index in [-0.39, 0.29) is 5.60 Å². The zero-order valence-corrected chi connectivity index (χ0v) is 12.1. The summed E-state index contributed by atoms with van der Waals surface area (Å²) in [5.74, 6) is 0.365. The van der Waals surface area contributed by atoms with Gasteiger partial charge in [-0.3, -0.25) is 0 Å². The Kier molecular flexibility index (Phi) is 4.04. The van der Waals surface area contributed by atoms with E-state index in [1.807, 2.05) is 23.9 Å². The fourth-order valence-corrected chi connectivity index (χ4v) is 4.71. The second-order valence-corrected chi connectivity index (χ2v) is 7.20. The van der Waals surface area contributed by atoms with Crippen LogP contribution < -0.4 is 0 Å². The van der Waals surface area contributed by atoms with Crippen molar-refractivity contribution < 1.29 is 9.84 Å². The molecule has 2 aliphatic rings. The van der Waals surface area contributed by atoms with E-state index in [9.17, 15) is 5.11 Å². The molecule has 0 aromatic heterocycles. The highest BCUT2D eigenvalue weighted by molar-refractivity contribution is 8.00. The standard InChI is InChI=1S/C16H22O2S/c17-13-5-4-6-14(11-13)19-15-7-10-18-16(12-15)8-2-1-3-9-16/h4-6,11,15,17H,1-3,7-10,12H2. The SMILES string of the molecule is Oc1cccc(SC2CCOC3(CCCCC3)C2)c1. The molecule has 1 aliphatic heterocycles. The minimum Gasteiger partial charge on any atom is -0.508 e. The van der Waals surface area contributed by atoms with Gasteiger partial charge in [0.2, 0.25) is 0 Å². The van der Waals surface area contributed by atoms with Crippen LogP contribution in [-0.2, 0) is 4.74 Å². The van der Waals surface area contributed by atoms with Gasteiger partial charge in [0.05, 0.1) is 5.60 Å². The minimum atomic E-state index is 0.172. The van der Waals surface area contributed by atoms with Crippen molar-refractivity contribution >= 4 is 11.8 Å². The Morgan fingerprint density at radius 1 is 1.21 bits per heavy atom. The molecule has 1 N–H and O–H groups in total. The molecule has 1 saturated carbocycles. The lowest BCUT2D eigenvalue weighted by molar-refractivity contribution is -0.0970. The summed E-state index contributed by atoms with van der Waals surface area (Å²) in [5.41, 5.74) is 0.172. The highest BCUT2D eigenvalue weighted by atomic mass is 32.2. The van der Waals surface area contributed by atoms with Crippen LogP contribution in [0.25, 0.3) is 0 Å². The van der Waals surface area contributed by atoms with Crippen molar-refractivity contribution in [3.05, 3.63) is 24.3 Å². The summed E-state index contributed by atoms with van der Waals surface area (Å²) >= 11 is 1.91. The average molecular weight is 278 g/mol. The Labute approximate surface area is 119 Å². The van der Waals surface area contributed by atoms with Gasteiger partial charge in [0.15, 0.2) is 0 Å². The van der Waals surface area contributed by atoms with Crippen LogP contribution in [0.2, 0.25) is 0 Å². The number of thioether (sulfide) groups is 1. The summed E-state index contributed by atoms with van der Waals surface area (Å²) in [6.45, 7) is 0.899. The number of hydrogen-bond acceptors (Lipinski definition) is 3. The molecular formula is C16H22O2S. The maximum Gasteiger partial charge on any atom is 0.116 e. The Balaban J connectivity index is 1.65. The van der Waals surface area contributed by atoms with Crippen molar-refractivity contribution in [3.8, 4) is 5.75 Å². The fourth-order valence-electron chi connectivity index (χ4n) is 3.38. The predicted octanol–water partition coefficient (Wildman–Crippen LogP) is 4.37. The Morgan fingerprint density at radius 2 is 2.05 bits per heavy atom. The monoisotopic (exact) mass is 278 g/mol. The number of benzene rings is 1. The summed E-state index contributed by atoms with van der Waals surface area (Å²) < 4.78 is 6.14. The maximum atomic E-state index is 9.55. The number of phenolic OH excluding ortho intramolecular Hbond substituents is 1. The minimum absolute atomic E-state index is 0.172. The zero-order chi connectivity index (χ0) is 13.1. The molecule has 3 rings (SSSR count). The van der Waals surface area contributed by atoms with Crippen molar-refractivity contribution in [2.24, 2.45) is 0 Å². The van der Waals surface area contributed by atoms with Crippen LogP contribution in [0.3, 0.4) is 0 Å². The Bertz CT molecular complexity index is 421. The molecule has 1 saturated heterocycles. The van der Waals surface area contributed by atoms with Crippen molar-refractivity contribution in [2.75, 3.05) is 6.61 Å². The van der Waals surface area contributed by atoms with Gasteiger partial charge in [0.1, 0.15) is 5.75 Å². The van der Waals surface area contributed by atoms with Crippen LogP contribution in [-0.4, -0.2) is 22.6 Å². The van der Waals surface area contributed by atoms with E-state index in [0.717, 1.165) is 13.0 Å². The summed E-state index contributed by atoms with van der Waals surface area (Å²) in [4.78, 5) is 1.18. The van der Waals surface area contributed by atoms with Crippen LogP contribution in [0.5, 0.6) is 5.75 Å². The van der Waals surface area contributed by atoms with Crippen LogP contribution in [0.1, 0.15) is 44.9 Å². The Morgan fingerprint density at radius 3 is 2.84 bits per heavy atom. The van der Waals surface area contributed by atoms with Gasteiger partial charge in [0, 0.05) is 16.8 Å².